The van der Waals surface area contributed by atoms with Crippen molar-refractivity contribution >= 4 is 5.97 Å². The van der Waals surface area contributed by atoms with Crippen molar-refractivity contribution in [2.24, 2.45) is 0 Å². The van der Waals surface area contributed by atoms with Crippen LogP contribution in [0.15, 0.2) is 0 Å². The number of morpholine rings is 2. The van der Waals surface area contributed by atoms with Crippen LogP contribution in [0.5, 0.6) is 0 Å². The lowest BCUT2D eigenvalue weighted by molar-refractivity contribution is -0.142. The molecule has 100 valence electrons. The molecule has 0 spiro atoms. The monoisotopic (exact) mass is 246 g/mol. The summed E-state index contributed by atoms with van der Waals surface area (Å²) in [5.41, 5.74) is 0. The largest absolute Gasteiger partial charge is 0.468 e. The number of hydrogen-bond acceptors (Lipinski definition) is 6. The molecule has 6 heteroatoms. The summed E-state index contributed by atoms with van der Waals surface area (Å²) in [7, 11) is 1.41. The van der Waals surface area contributed by atoms with Crippen LogP contribution in [0.1, 0.15) is 0 Å². The molecule has 0 bridgehead atoms. The maximum absolute atomic E-state index is 10.8. The Balaban J connectivity index is 0.000000202. The van der Waals surface area contributed by atoms with Crippen molar-refractivity contribution in [2.75, 3.05) is 66.3 Å². The summed E-state index contributed by atoms with van der Waals surface area (Å²) in [5.74, 6) is -0.174. The Kier molecular flexibility index (Phi) is 7.91. The van der Waals surface area contributed by atoms with E-state index in [9.17, 15) is 4.79 Å². The highest BCUT2D eigenvalue weighted by atomic mass is 16.5. The van der Waals surface area contributed by atoms with Crippen LogP contribution in [0, 0.1) is 0 Å². The van der Waals surface area contributed by atoms with Crippen LogP contribution < -0.4 is 5.32 Å². The summed E-state index contributed by atoms with van der Waals surface area (Å²) in [6.45, 7) is 7.32. The van der Waals surface area contributed by atoms with Gasteiger partial charge in [0.05, 0.1) is 40.1 Å². The zero-order valence-corrected chi connectivity index (χ0v) is 10.4. The van der Waals surface area contributed by atoms with Gasteiger partial charge in [0.15, 0.2) is 0 Å². The summed E-state index contributed by atoms with van der Waals surface area (Å²) >= 11 is 0. The van der Waals surface area contributed by atoms with Crippen molar-refractivity contribution in [1.29, 1.82) is 0 Å². The average molecular weight is 246 g/mol. The second-order valence-electron chi connectivity index (χ2n) is 3.83. The summed E-state index contributed by atoms with van der Waals surface area (Å²) in [4.78, 5) is 12.8. The number of esters is 1. The van der Waals surface area contributed by atoms with Crippen molar-refractivity contribution < 1.29 is 19.0 Å². The third-order valence-electron chi connectivity index (χ3n) is 2.53. The van der Waals surface area contributed by atoms with E-state index in [1.807, 2.05) is 4.90 Å². The van der Waals surface area contributed by atoms with Crippen molar-refractivity contribution in [2.45, 2.75) is 0 Å². The zero-order chi connectivity index (χ0) is 12.3. The number of ether oxygens (including phenoxy) is 3. The van der Waals surface area contributed by atoms with Crippen LogP contribution in [-0.4, -0.2) is 77.1 Å². The fourth-order valence-corrected chi connectivity index (χ4v) is 1.52. The molecule has 0 amide bonds. The van der Waals surface area contributed by atoms with Crippen LogP contribution in [0.3, 0.4) is 0 Å². The van der Waals surface area contributed by atoms with Gasteiger partial charge in [-0.3, -0.25) is 9.69 Å². The first-order chi connectivity index (χ1) is 8.33. The Morgan fingerprint density at radius 2 is 1.76 bits per heavy atom. The van der Waals surface area contributed by atoms with Crippen molar-refractivity contribution in [3.05, 3.63) is 0 Å². The number of nitrogens with zero attached hydrogens (tertiary/aromatic N) is 1. The van der Waals surface area contributed by atoms with E-state index in [1.54, 1.807) is 0 Å². The molecule has 0 aliphatic carbocycles. The van der Waals surface area contributed by atoms with Gasteiger partial charge in [0.2, 0.25) is 0 Å². The lowest BCUT2D eigenvalue weighted by Gasteiger charge is -2.24. The first kappa shape index (κ1) is 14.4. The molecule has 2 fully saturated rings. The minimum atomic E-state index is -0.174. The van der Waals surface area contributed by atoms with Gasteiger partial charge in [0.1, 0.15) is 0 Å². The molecule has 2 heterocycles. The molecule has 2 rings (SSSR count). The Morgan fingerprint density at radius 1 is 1.18 bits per heavy atom. The van der Waals surface area contributed by atoms with Gasteiger partial charge in [-0.1, -0.05) is 0 Å². The molecule has 0 atom stereocenters. The fourth-order valence-electron chi connectivity index (χ4n) is 1.52. The molecule has 0 radical (unpaired) electrons. The SMILES string of the molecule is C1COCCN1.COC(=O)CN1CCOCC1. The molecule has 6 nitrogen and oxygen atoms in total. The van der Waals surface area contributed by atoms with Crippen LogP contribution in [0.25, 0.3) is 0 Å². The Hall–Kier alpha value is -0.690. The third kappa shape index (κ3) is 7.27. The van der Waals surface area contributed by atoms with Gasteiger partial charge >= 0.3 is 5.97 Å². The predicted molar refractivity (Wildman–Crippen MR) is 63.0 cm³/mol. The summed E-state index contributed by atoms with van der Waals surface area (Å²) in [6.07, 6.45) is 0. The predicted octanol–water partition coefficient (Wildman–Crippen LogP) is -0.902. The summed E-state index contributed by atoms with van der Waals surface area (Å²) in [5, 5.41) is 3.16. The maximum atomic E-state index is 10.8. The molecule has 0 aromatic carbocycles. The van der Waals surface area contributed by atoms with E-state index in [-0.39, 0.29) is 5.97 Å². The Labute approximate surface area is 102 Å². The van der Waals surface area contributed by atoms with Gasteiger partial charge < -0.3 is 19.5 Å². The smallest absolute Gasteiger partial charge is 0.319 e. The molecular formula is C11H22N2O4. The quantitative estimate of drug-likeness (QED) is 0.637. The van der Waals surface area contributed by atoms with Gasteiger partial charge in [-0.25, -0.2) is 0 Å². The average Bonchev–Trinajstić information content (AvgIpc) is 2.42. The number of carbonyl (C=O) groups is 1. The first-order valence-corrected chi connectivity index (χ1v) is 5.98. The summed E-state index contributed by atoms with van der Waals surface area (Å²) in [6, 6.07) is 0. The van der Waals surface area contributed by atoms with E-state index >= 15 is 0 Å². The van der Waals surface area contributed by atoms with Gasteiger partial charge in [-0.15, -0.1) is 0 Å². The first-order valence-electron chi connectivity index (χ1n) is 5.98. The van der Waals surface area contributed by atoms with Gasteiger partial charge in [0.25, 0.3) is 0 Å². The molecule has 0 aromatic rings. The third-order valence-corrected chi connectivity index (χ3v) is 2.53. The van der Waals surface area contributed by atoms with Crippen molar-refractivity contribution in [3.63, 3.8) is 0 Å². The van der Waals surface area contributed by atoms with Crippen LogP contribution >= 0.6 is 0 Å². The van der Waals surface area contributed by atoms with Gasteiger partial charge in [-0.05, 0) is 0 Å². The number of nitrogens with one attached hydrogen (secondary N) is 1. The minimum absolute atomic E-state index is 0.174. The van der Waals surface area contributed by atoms with E-state index in [0.717, 1.165) is 52.6 Å². The van der Waals surface area contributed by atoms with Crippen LogP contribution in [0.4, 0.5) is 0 Å². The minimum Gasteiger partial charge on any atom is -0.468 e. The van der Waals surface area contributed by atoms with Crippen LogP contribution in [-0.2, 0) is 19.0 Å². The molecule has 0 aromatic heterocycles. The summed E-state index contributed by atoms with van der Waals surface area (Å²) < 4.78 is 14.7. The zero-order valence-electron chi connectivity index (χ0n) is 10.4. The van der Waals surface area contributed by atoms with Gasteiger partial charge in [0, 0.05) is 26.2 Å². The maximum Gasteiger partial charge on any atom is 0.319 e. The second kappa shape index (κ2) is 9.35. The van der Waals surface area contributed by atoms with E-state index in [2.05, 4.69) is 10.1 Å². The highest BCUT2D eigenvalue weighted by Crippen LogP contribution is 1.95. The molecule has 2 aliphatic heterocycles. The van der Waals surface area contributed by atoms with Crippen molar-refractivity contribution in [1.82, 2.24) is 10.2 Å². The fraction of sp³-hybridized carbons (Fsp3) is 0.909. The standard InChI is InChI=1S/C7H13NO3.C4H9NO/c1-10-7(9)6-8-2-4-11-5-3-8;1-3-6-4-2-5-1/h2-6H2,1H3;5H,1-4H2. The molecule has 2 saturated heterocycles. The molecule has 2 aliphatic rings. The normalized spacial score (nSPS) is 21.2. The number of hydrogen-bond donors (Lipinski definition) is 1. The topological polar surface area (TPSA) is 60.0 Å². The van der Waals surface area contributed by atoms with E-state index < -0.39 is 0 Å². The lowest BCUT2D eigenvalue weighted by Crippen LogP contribution is -2.39. The van der Waals surface area contributed by atoms with Crippen molar-refractivity contribution in [3.8, 4) is 0 Å². The Morgan fingerprint density at radius 3 is 2.18 bits per heavy atom. The number of carbonyl (C=O) groups excluding carboxylic acids is 1. The highest BCUT2D eigenvalue weighted by Gasteiger charge is 2.13. The highest BCUT2D eigenvalue weighted by molar-refractivity contribution is 5.71. The number of rotatable bonds is 2. The van der Waals surface area contributed by atoms with E-state index in [0.29, 0.717) is 6.54 Å². The number of methoxy groups -OCH3 is 1. The molecule has 1 N–H and O–H groups in total. The van der Waals surface area contributed by atoms with Crippen LogP contribution in [0.2, 0.25) is 0 Å². The van der Waals surface area contributed by atoms with Gasteiger partial charge in [-0.2, -0.15) is 0 Å². The second-order valence-corrected chi connectivity index (χ2v) is 3.83. The van der Waals surface area contributed by atoms with E-state index in [1.165, 1.54) is 7.11 Å². The lowest BCUT2D eigenvalue weighted by atomic mass is 10.4. The Bertz CT molecular complexity index is 192. The molecule has 17 heavy (non-hydrogen) atoms. The molecule has 0 saturated carbocycles. The molecular weight excluding hydrogens is 224 g/mol. The molecule has 0 unspecified atom stereocenters. The van der Waals surface area contributed by atoms with E-state index in [4.69, 9.17) is 9.47 Å².